The summed E-state index contributed by atoms with van der Waals surface area (Å²) in [4.78, 5) is 14.8. The Bertz CT molecular complexity index is 6390. The summed E-state index contributed by atoms with van der Waals surface area (Å²) in [6.07, 6.45) is 0. The van der Waals surface area contributed by atoms with Crippen LogP contribution < -0.4 is 0 Å². The largest absolute Gasteiger partial charge is 0.456 e. The first-order valence-electron chi connectivity index (χ1n) is 31.3. The van der Waals surface area contributed by atoms with Crippen LogP contribution in [0.5, 0.6) is 0 Å². The van der Waals surface area contributed by atoms with Crippen LogP contribution in [0.4, 0.5) is 5.69 Å². The third-order valence-corrected chi connectivity index (χ3v) is 19.2. The molecule has 0 N–H and O–H groups in total. The Morgan fingerprint density at radius 2 is 0.702 bits per heavy atom. The Hall–Kier alpha value is -13.3. The van der Waals surface area contributed by atoms with E-state index in [9.17, 15) is 5.26 Å². The van der Waals surface area contributed by atoms with E-state index < -0.39 is 0 Å². The molecule has 0 saturated carbocycles. The molecular weight excluding hydrogens is 1150 g/mol. The van der Waals surface area contributed by atoms with Crippen LogP contribution in [0, 0.1) is 17.9 Å². The summed E-state index contributed by atoms with van der Waals surface area (Å²) in [5, 5.41) is 22.6. The zero-order valence-electron chi connectivity index (χ0n) is 50.0. The number of hydrogen-bond acceptors (Lipinski definition) is 5. The first kappa shape index (κ1) is 51.6. The van der Waals surface area contributed by atoms with Gasteiger partial charge in [-0.1, -0.05) is 133 Å². The maximum absolute atomic E-state index is 9.75. The van der Waals surface area contributed by atoms with E-state index in [1.165, 1.54) is 0 Å². The summed E-state index contributed by atoms with van der Waals surface area (Å²) in [5.41, 5.74) is 21.0. The average molecular weight is 1200 g/mol. The molecule has 0 atom stereocenters. The molecule has 0 spiro atoms. The zero-order valence-corrected chi connectivity index (χ0v) is 50.0. The lowest BCUT2D eigenvalue weighted by Crippen LogP contribution is -2.07. The summed E-state index contributed by atoms with van der Waals surface area (Å²) in [6, 6.07) is 100. The summed E-state index contributed by atoms with van der Waals surface area (Å²) in [5.74, 6) is 1.32. The van der Waals surface area contributed by atoms with Crippen molar-refractivity contribution in [3.05, 3.63) is 296 Å². The molecule has 0 bridgehead atoms. The fourth-order valence-electron chi connectivity index (χ4n) is 15.0. The molecule has 0 aliphatic rings. The minimum absolute atomic E-state index is 0.568. The molecule has 0 fully saturated rings. The molecule has 434 valence electrons. The highest BCUT2D eigenvalue weighted by atomic mass is 16.3. The molecule has 0 amide bonds. The van der Waals surface area contributed by atoms with E-state index in [4.69, 9.17) is 25.4 Å². The van der Waals surface area contributed by atoms with Crippen molar-refractivity contribution in [2.24, 2.45) is 0 Å². The van der Waals surface area contributed by atoms with E-state index in [1.807, 2.05) is 48.5 Å². The normalized spacial score (nSPS) is 12.0. The number of benzene rings is 13. The SMILES string of the molecule is [C-]#[N+]c1ccc2oc3ccc(-n4c5ccccc5c5cc(-c6ccc7c(c6)c6ccccc6n7-c6cc(-c7ccccc7)nc(-n7c8ccccc8c8cc(-c9ccc%10c(c9)c9ccccc9n%10-c9ccc%10oc%11ccc(C#N)cc%11c%10c9)ccc87)n6)ccc54)cc3c2c1. The predicted octanol–water partition coefficient (Wildman–Crippen LogP) is 22.1. The third kappa shape index (κ3) is 7.56. The van der Waals surface area contributed by atoms with Gasteiger partial charge in [-0.25, -0.2) is 9.83 Å². The first-order chi connectivity index (χ1) is 46.5. The van der Waals surface area contributed by atoms with Crippen LogP contribution in [-0.2, 0) is 0 Å². The molecule has 10 heteroatoms. The van der Waals surface area contributed by atoms with Crippen molar-refractivity contribution < 1.29 is 8.83 Å². The maximum Gasteiger partial charge on any atom is 0.237 e. The summed E-state index contributed by atoms with van der Waals surface area (Å²) >= 11 is 0. The lowest BCUT2D eigenvalue weighted by molar-refractivity contribution is 0.668. The topological polar surface area (TPSA) is 99.9 Å². The molecule has 94 heavy (non-hydrogen) atoms. The molecular formula is C84H46N8O2. The van der Waals surface area contributed by atoms with Gasteiger partial charge < -0.3 is 18.0 Å². The first-order valence-corrected chi connectivity index (χ1v) is 31.3. The van der Waals surface area contributed by atoms with Gasteiger partial charge in [0.2, 0.25) is 5.95 Å². The van der Waals surface area contributed by atoms with Gasteiger partial charge in [-0.15, -0.1) is 0 Å². The van der Waals surface area contributed by atoms with Crippen LogP contribution in [0.1, 0.15) is 5.56 Å². The fourth-order valence-corrected chi connectivity index (χ4v) is 15.0. The van der Waals surface area contributed by atoms with Crippen LogP contribution >= 0.6 is 0 Å². The second kappa shape index (κ2) is 19.6. The van der Waals surface area contributed by atoms with Gasteiger partial charge in [0.25, 0.3) is 0 Å². The Kier molecular flexibility index (Phi) is 10.8. The number of furan rings is 2. The number of nitriles is 1. The predicted molar refractivity (Wildman–Crippen MR) is 381 cm³/mol. The van der Waals surface area contributed by atoms with Crippen molar-refractivity contribution in [3.63, 3.8) is 0 Å². The Morgan fingerprint density at radius 1 is 0.309 bits per heavy atom. The zero-order chi connectivity index (χ0) is 61.9. The minimum atomic E-state index is 0.568. The van der Waals surface area contributed by atoms with E-state index in [0.29, 0.717) is 17.2 Å². The van der Waals surface area contributed by atoms with Crippen molar-refractivity contribution in [1.82, 2.24) is 28.2 Å². The monoisotopic (exact) mass is 1200 g/mol. The van der Waals surface area contributed by atoms with Crippen molar-refractivity contribution in [2.75, 3.05) is 0 Å². The molecule has 0 aliphatic heterocycles. The quantitative estimate of drug-likeness (QED) is 0.148. The highest BCUT2D eigenvalue weighted by molar-refractivity contribution is 6.16. The van der Waals surface area contributed by atoms with Crippen molar-refractivity contribution in [1.29, 1.82) is 5.26 Å². The number of aromatic nitrogens is 6. The van der Waals surface area contributed by atoms with Gasteiger partial charge in [0.05, 0.1) is 68.0 Å². The number of fused-ring (bicyclic) bond motifs is 18. The van der Waals surface area contributed by atoms with Crippen LogP contribution in [0.2, 0.25) is 0 Å². The smallest absolute Gasteiger partial charge is 0.237 e. The molecule has 0 aliphatic carbocycles. The van der Waals surface area contributed by atoms with Crippen molar-refractivity contribution in [3.8, 4) is 62.7 Å². The molecule has 0 unspecified atom stereocenters. The van der Waals surface area contributed by atoms with E-state index in [-0.39, 0.29) is 0 Å². The Labute approximate surface area is 534 Å². The number of nitrogens with zero attached hydrogens (tertiary/aromatic N) is 8. The van der Waals surface area contributed by atoms with Gasteiger partial charge >= 0.3 is 0 Å². The second-order valence-electron chi connectivity index (χ2n) is 24.3. The Morgan fingerprint density at radius 3 is 1.19 bits per heavy atom. The van der Waals surface area contributed by atoms with Crippen LogP contribution in [-0.4, -0.2) is 28.2 Å². The molecule has 0 saturated heterocycles. The maximum atomic E-state index is 9.75. The van der Waals surface area contributed by atoms with Crippen molar-refractivity contribution in [2.45, 2.75) is 0 Å². The highest BCUT2D eigenvalue weighted by Gasteiger charge is 2.23. The summed E-state index contributed by atoms with van der Waals surface area (Å²) < 4.78 is 21.7. The van der Waals surface area contributed by atoms with E-state index in [0.717, 1.165) is 182 Å². The molecule has 20 rings (SSSR count). The number of para-hydroxylation sites is 4. The van der Waals surface area contributed by atoms with Gasteiger partial charge in [-0.3, -0.25) is 9.13 Å². The number of rotatable bonds is 7. The van der Waals surface area contributed by atoms with Gasteiger partial charge in [-0.2, -0.15) is 10.2 Å². The van der Waals surface area contributed by atoms with E-state index in [1.54, 1.807) is 6.07 Å². The Balaban J connectivity index is 0.710. The highest BCUT2D eigenvalue weighted by Crippen LogP contribution is 2.44. The molecule has 13 aromatic carbocycles. The number of hydrogen-bond donors (Lipinski definition) is 0. The van der Waals surface area contributed by atoms with Crippen LogP contribution in [0.25, 0.3) is 193 Å². The molecule has 0 radical (unpaired) electrons. The van der Waals surface area contributed by atoms with E-state index >= 15 is 0 Å². The minimum Gasteiger partial charge on any atom is -0.456 e. The fraction of sp³-hybridized carbons (Fsp3) is 0. The second-order valence-corrected chi connectivity index (χ2v) is 24.3. The third-order valence-electron chi connectivity index (χ3n) is 19.2. The van der Waals surface area contributed by atoms with Gasteiger partial charge in [0, 0.05) is 87.6 Å². The van der Waals surface area contributed by atoms with Crippen LogP contribution in [0.15, 0.2) is 288 Å². The molecule has 7 heterocycles. The molecule has 7 aromatic heterocycles. The lowest BCUT2D eigenvalue weighted by atomic mass is 10.0. The molecule has 10 nitrogen and oxygen atoms in total. The van der Waals surface area contributed by atoms with Gasteiger partial charge in [0.1, 0.15) is 28.1 Å². The van der Waals surface area contributed by atoms with Crippen LogP contribution in [0.3, 0.4) is 0 Å². The van der Waals surface area contributed by atoms with Crippen molar-refractivity contribution >= 4 is 137 Å². The summed E-state index contributed by atoms with van der Waals surface area (Å²) in [7, 11) is 0. The lowest BCUT2D eigenvalue weighted by Gasteiger charge is -2.14. The average Bonchev–Trinajstić information content (AvgIpc) is 1.57. The van der Waals surface area contributed by atoms with E-state index in [2.05, 4.69) is 254 Å². The molecule has 20 aromatic rings. The summed E-state index contributed by atoms with van der Waals surface area (Å²) in [6.45, 7) is 7.68. The van der Waals surface area contributed by atoms with Gasteiger partial charge in [0.15, 0.2) is 5.69 Å². The van der Waals surface area contributed by atoms with Gasteiger partial charge in [-0.05, 0) is 162 Å². The standard InChI is InChI=1S/C84H46N8O2/c1-86-55-28-36-80-67(44-55)69-46-57(30-38-82(69)94-80)90-72-20-10-6-16-59(72)62-40-51(24-31-76(62)90)53-26-33-77-64(42-53)60-17-7-11-21-73(60)91(77)83-47-70(50-13-3-2-4-14-50)87-84(88-83)92-74-22-12-8-18-61(74)65-43-54(27-34-78(65)92)52-25-32-75-63(41-52)58-15-5-9-19-71(58)89(75)56-29-37-81-68(45-56)66-39-49(48-85)23-35-79(66)93-81/h2-47H.